The lowest BCUT2D eigenvalue weighted by atomic mass is 10.0. The highest BCUT2D eigenvalue weighted by molar-refractivity contribution is 7.77. The van der Waals surface area contributed by atoms with Crippen molar-refractivity contribution >= 4 is 22.3 Å². The largest absolute Gasteiger partial charge is 0.417 e. The quantitative estimate of drug-likeness (QED) is 0.413. The number of halogens is 3. The lowest BCUT2D eigenvalue weighted by Gasteiger charge is -2.12. The molecule has 0 saturated heterocycles. The van der Waals surface area contributed by atoms with Gasteiger partial charge in [-0.05, 0) is 24.1 Å². The number of benzene rings is 2. The normalized spacial score (nSPS) is 12.9. The number of fused-ring (bicyclic) bond motifs is 1. The molecule has 1 atom stereocenters. The van der Waals surface area contributed by atoms with Crippen LogP contribution in [0.5, 0.6) is 0 Å². The van der Waals surface area contributed by atoms with Gasteiger partial charge in [0.05, 0.1) is 16.6 Å². The number of nitrogens with one attached hydrogen (secondary N) is 1. The number of hydrogen-bond donors (Lipinski definition) is 2. The van der Waals surface area contributed by atoms with E-state index in [0.29, 0.717) is 17.5 Å². The van der Waals surface area contributed by atoms with Crippen molar-refractivity contribution in [3.8, 4) is 22.5 Å². The van der Waals surface area contributed by atoms with Gasteiger partial charge in [0.2, 0.25) is 11.3 Å². The molecule has 0 aliphatic carbocycles. The molecule has 6 nitrogen and oxygen atoms in total. The summed E-state index contributed by atoms with van der Waals surface area (Å²) in [6.07, 6.45) is -4.17. The molecular weight excluding hydrogens is 441 g/mol. The topological polar surface area (TPSA) is 80.0 Å². The van der Waals surface area contributed by atoms with E-state index in [1.165, 1.54) is 4.68 Å². The highest BCUT2D eigenvalue weighted by Gasteiger charge is 2.36. The Labute approximate surface area is 184 Å². The summed E-state index contributed by atoms with van der Waals surface area (Å²) < 4.78 is 65.7. The van der Waals surface area contributed by atoms with Crippen molar-refractivity contribution in [3.63, 3.8) is 0 Å². The lowest BCUT2D eigenvalue weighted by molar-refractivity contribution is -0.136. The molecule has 4 rings (SSSR count). The number of hydrogen-bond acceptors (Lipinski definition) is 3. The summed E-state index contributed by atoms with van der Waals surface area (Å²) in [5.74, 6) is 0. The first-order chi connectivity index (χ1) is 15.2. The average molecular weight is 460 g/mol. The third-order valence-electron chi connectivity index (χ3n) is 5.01. The van der Waals surface area contributed by atoms with Gasteiger partial charge < -0.3 is 0 Å². The van der Waals surface area contributed by atoms with Crippen molar-refractivity contribution in [2.24, 2.45) is 7.05 Å². The lowest BCUT2D eigenvalue weighted by Crippen LogP contribution is -2.19. The SMILES string of the molecule is Cn1nc(-c2ccccc2)c2c(C(F)(F)F)cc(-c3cccc(CCNS(=O)O)c3)nc21. The van der Waals surface area contributed by atoms with E-state index in [9.17, 15) is 17.4 Å². The van der Waals surface area contributed by atoms with E-state index in [1.54, 1.807) is 61.6 Å². The smallest absolute Gasteiger partial charge is 0.294 e. The maximum Gasteiger partial charge on any atom is 0.417 e. The van der Waals surface area contributed by atoms with Crippen molar-refractivity contribution in [3.05, 3.63) is 71.8 Å². The maximum atomic E-state index is 14.1. The molecule has 0 amide bonds. The van der Waals surface area contributed by atoms with E-state index in [4.69, 9.17) is 4.55 Å². The fraction of sp³-hybridized carbons (Fsp3) is 0.182. The van der Waals surface area contributed by atoms with Crippen molar-refractivity contribution < 1.29 is 21.9 Å². The van der Waals surface area contributed by atoms with Crippen LogP contribution in [0.4, 0.5) is 13.2 Å². The minimum absolute atomic E-state index is 0.0410. The number of alkyl halides is 3. The first-order valence-electron chi connectivity index (χ1n) is 9.68. The van der Waals surface area contributed by atoms with Crippen LogP contribution in [-0.4, -0.2) is 30.1 Å². The molecule has 2 aromatic carbocycles. The van der Waals surface area contributed by atoms with E-state index < -0.39 is 23.0 Å². The maximum absolute atomic E-state index is 14.1. The van der Waals surface area contributed by atoms with Crippen LogP contribution in [0.15, 0.2) is 60.7 Å². The zero-order chi connectivity index (χ0) is 22.9. The second kappa shape index (κ2) is 8.81. The molecule has 0 spiro atoms. The van der Waals surface area contributed by atoms with E-state index in [1.807, 2.05) is 0 Å². The van der Waals surface area contributed by atoms with Crippen LogP contribution in [0.1, 0.15) is 11.1 Å². The van der Waals surface area contributed by atoms with E-state index >= 15 is 0 Å². The summed E-state index contributed by atoms with van der Waals surface area (Å²) in [4.78, 5) is 4.51. The minimum Gasteiger partial charge on any atom is -0.294 e. The number of aryl methyl sites for hydroxylation is 1. The standard InChI is InChI=1S/C22H19F3N4O2S/c1-29-21-19(20(28-29)15-7-3-2-4-8-15)17(22(23,24)25)13-18(27-21)16-9-5-6-14(12-16)10-11-26-32(30)31/h2-9,12-13,26H,10-11H2,1H3,(H,30,31). The molecule has 2 N–H and O–H groups in total. The Hall–Kier alpha value is -3.08. The van der Waals surface area contributed by atoms with Gasteiger partial charge in [-0.25, -0.2) is 18.6 Å². The van der Waals surface area contributed by atoms with Gasteiger partial charge in [-0.15, -0.1) is 0 Å². The van der Waals surface area contributed by atoms with Crippen molar-refractivity contribution in [2.75, 3.05) is 6.54 Å². The second-order valence-electron chi connectivity index (χ2n) is 7.18. The van der Waals surface area contributed by atoms with Crippen molar-refractivity contribution in [2.45, 2.75) is 12.6 Å². The van der Waals surface area contributed by atoms with Gasteiger partial charge in [0.1, 0.15) is 5.69 Å². The molecule has 0 bridgehead atoms. The van der Waals surface area contributed by atoms with Crippen LogP contribution >= 0.6 is 0 Å². The molecule has 4 aromatic rings. The number of aromatic nitrogens is 3. The molecule has 166 valence electrons. The molecule has 10 heteroatoms. The van der Waals surface area contributed by atoms with Crippen molar-refractivity contribution in [1.82, 2.24) is 19.5 Å². The van der Waals surface area contributed by atoms with Gasteiger partial charge in [0.15, 0.2) is 5.65 Å². The second-order valence-corrected chi connectivity index (χ2v) is 7.97. The summed E-state index contributed by atoms with van der Waals surface area (Å²) in [5, 5.41) is 4.30. The molecule has 0 saturated carbocycles. The Bertz CT molecular complexity index is 1290. The molecule has 1 unspecified atom stereocenters. The van der Waals surface area contributed by atoms with E-state index in [2.05, 4.69) is 14.8 Å². The summed E-state index contributed by atoms with van der Waals surface area (Å²) in [5.41, 5.74) is 1.63. The van der Waals surface area contributed by atoms with Crippen LogP contribution in [0.2, 0.25) is 0 Å². The van der Waals surface area contributed by atoms with Gasteiger partial charge in [-0.1, -0.05) is 48.5 Å². The third-order valence-corrected chi connectivity index (χ3v) is 5.46. The summed E-state index contributed by atoms with van der Waals surface area (Å²) >= 11 is -2.12. The third kappa shape index (κ3) is 4.57. The fourth-order valence-corrected chi connectivity index (χ4v) is 3.86. The summed E-state index contributed by atoms with van der Waals surface area (Å²) in [6, 6.07) is 16.7. The highest BCUT2D eigenvalue weighted by atomic mass is 32.2. The summed E-state index contributed by atoms with van der Waals surface area (Å²) in [6.45, 7) is 0.245. The predicted octanol–water partition coefficient (Wildman–Crippen LogP) is 4.59. The zero-order valence-corrected chi connectivity index (χ0v) is 17.7. The van der Waals surface area contributed by atoms with Gasteiger partial charge in [0.25, 0.3) is 0 Å². The Kier molecular flexibility index (Phi) is 6.09. The molecule has 0 fully saturated rings. The van der Waals surface area contributed by atoms with Gasteiger partial charge in [0, 0.05) is 24.7 Å². The zero-order valence-electron chi connectivity index (χ0n) is 16.9. The number of pyridine rings is 1. The van der Waals surface area contributed by atoms with E-state index in [0.717, 1.165) is 11.6 Å². The Morgan fingerprint density at radius 3 is 2.47 bits per heavy atom. The highest BCUT2D eigenvalue weighted by Crippen LogP contribution is 2.40. The molecule has 32 heavy (non-hydrogen) atoms. The van der Waals surface area contributed by atoms with Crippen LogP contribution in [-0.2, 0) is 30.9 Å². The Morgan fingerprint density at radius 1 is 1.06 bits per heavy atom. The minimum atomic E-state index is -4.60. The Balaban J connectivity index is 1.85. The first kappa shape index (κ1) is 22.1. The number of nitrogens with zero attached hydrogens (tertiary/aromatic N) is 3. The first-order valence-corrected chi connectivity index (χ1v) is 10.8. The molecule has 2 heterocycles. The van der Waals surface area contributed by atoms with Gasteiger partial charge >= 0.3 is 6.18 Å². The predicted molar refractivity (Wildman–Crippen MR) is 117 cm³/mol. The molecular formula is C22H19F3N4O2S. The molecule has 0 radical (unpaired) electrons. The Morgan fingerprint density at radius 2 is 1.78 bits per heavy atom. The molecule has 0 aliphatic rings. The van der Waals surface area contributed by atoms with Crippen LogP contribution in [0.25, 0.3) is 33.5 Å². The van der Waals surface area contributed by atoms with Crippen LogP contribution in [0, 0.1) is 0 Å². The van der Waals surface area contributed by atoms with Crippen LogP contribution in [0.3, 0.4) is 0 Å². The molecule has 2 aromatic heterocycles. The van der Waals surface area contributed by atoms with Gasteiger partial charge in [-0.2, -0.15) is 18.3 Å². The fourth-order valence-electron chi connectivity index (χ4n) is 3.58. The van der Waals surface area contributed by atoms with E-state index in [-0.39, 0.29) is 29.0 Å². The average Bonchev–Trinajstić information content (AvgIpc) is 3.09. The van der Waals surface area contributed by atoms with Gasteiger partial charge in [-0.3, -0.25) is 4.55 Å². The van der Waals surface area contributed by atoms with Crippen LogP contribution < -0.4 is 4.72 Å². The monoisotopic (exact) mass is 460 g/mol. The number of rotatable bonds is 6. The van der Waals surface area contributed by atoms with Crippen molar-refractivity contribution in [1.29, 1.82) is 0 Å². The molecule has 0 aliphatic heterocycles. The summed E-state index contributed by atoms with van der Waals surface area (Å²) in [7, 11) is 1.57.